The summed E-state index contributed by atoms with van der Waals surface area (Å²) >= 11 is 3.43. The zero-order valence-electron chi connectivity index (χ0n) is 15.3. The predicted octanol–water partition coefficient (Wildman–Crippen LogP) is 3.48. The first kappa shape index (κ1) is 19.6. The standard InChI is InChI=1S/C21H23BrN2O3/c1-15-4-2-3-5-18(15)21(26)23-11-10-20(25)24-12-13-27-19(14-24)16-6-8-17(22)9-7-16/h2-9,19H,10-14H2,1H3,(H,23,26). The molecule has 1 atom stereocenters. The molecular weight excluding hydrogens is 408 g/mol. The molecule has 0 radical (unpaired) electrons. The lowest BCUT2D eigenvalue weighted by molar-refractivity contribution is -0.138. The van der Waals surface area contributed by atoms with Crippen molar-refractivity contribution >= 4 is 27.7 Å². The molecule has 0 aliphatic carbocycles. The van der Waals surface area contributed by atoms with Crippen molar-refractivity contribution in [3.63, 3.8) is 0 Å². The summed E-state index contributed by atoms with van der Waals surface area (Å²) in [5.41, 5.74) is 2.63. The van der Waals surface area contributed by atoms with Crippen molar-refractivity contribution in [2.75, 3.05) is 26.2 Å². The summed E-state index contributed by atoms with van der Waals surface area (Å²) in [6, 6.07) is 15.4. The molecule has 0 saturated carbocycles. The van der Waals surface area contributed by atoms with Crippen LogP contribution < -0.4 is 5.32 Å². The molecule has 3 rings (SSSR count). The number of nitrogens with zero attached hydrogens (tertiary/aromatic N) is 1. The molecule has 2 aromatic rings. The van der Waals surface area contributed by atoms with E-state index in [9.17, 15) is 9.59 Å². The highest BCUT2D eigenvalue weighted by Crippen LogP contribution is 2.24. The van der Waals surface area contributed by atoms with Gasteiger partial charge in [0.25, 0.3) is 5.91 Å². The molecule has 2 aromatic carbocycles. The molecule has 1 aliphatic rings. The van der Waals surface area contributed by atoms with Crippen molar-refractivity contribution in [2.45, 2.75) is 19.4 Å². The van der Waals surface area contributed by atoms with Gasteiger partial charge in [0.05, 0.1) is 13.2 Å². The number of nitrogens with one attached hydrogen (secondary N) is 1. The fourth-order valence-corrected chi connectivity index (χ4v) is 3.38. The van der Waals surface area contributed by atoms with Crippen LogP contribution in [0.15, 0.2) is 53.0 Å². The van der Waals surface area contributed by atoms with Gasteiger partial charge in [0.1, 0.15) is 6.10 Å². The van der Waals surface area contributed by atoms with Crippen LogP contribution in [0.1, 0.15) is 34.0 Å². The smallest absolute Gasteiger partial charge is 0.251 e. The SMILES string of the molecule is Cc1ccccc1C(=O)NCCC(=O)N1CCOC(c2ccc(Br)cc2)C1. The van der Waals surface area contributed by atoms with Crippen molar-refractivity contribution in [1.29, 1.82) is 0 Å². The monoisotopic (exact) mass is 430 g/mol. The lowest BCUT2D eigenvalue weighted by Crippen LogP contribution is -2.43. The van der Waals surface area contributed by atoms with Crippen molar-refractivity contribution in [3.8, 4) is 0 Å². The van der Waals surface area contributed by atoms with Gasteiger partial charge in [-0.2, -0.15) is 0 Å². The van der Waals surface area contributed by atoms with Gasteiger partial charge in [-0.15, -0.1) is 0 Å². The molecule has 1 N–H and O–H groups in total. The Hall–Kier alpha value is -2.18. The van der Waals surface area contributed by atoms with E-state index in [2.05, 4.69) is 21.2 Å². The molecule has 1 saturated heterocycles. The largest absolute Gasteiger partial charge is 0.370 e. The van der Waals surface area contributed by atoms with Crippen LogP contribution in [0.2, 0.25) is 0 Å². The average molecular weight is 431 g/mol. The number of hydrogen-bond donors (Lipinski definition) is 1. The number of halogens is 1. The topological polar surface area (TPSA) is 58.6 Å². The van der Waals surface area contributed by atoms with Gasteiger partial charge in [-0.25, -0.2) is 0 Å². The van der Waals surface area contributed by atoms with Gasteiger partial charge < -0.3 is 15.0 Å². The van der Waals surface area contributed by atoms with Gasteiger partial charge in [0.2, 0.25) is 5.91 Å². The zero-order valence-corrected chi connectivity index (χ0v) is 16.9. The number of morpholine rings is 1. The van der Waals surface area contributed by atoms with Gasteiger partial charge in [-0.3, -0.25) is 9.59 Å². The fourth-order valence-electron chi connectivity index (χ4n) is 3.12. The summed E-state index contributed by atoms with van der Waals surface area (Å²) in [5.74, 6) is -0.110. The Morgan fingerprint density at radius 1 is 1.19 bits per heavy atom. The van der Waals surface area contributed by atoms with E-state index < -0.39 is 0 Å². The molecule has 2 amide bonds. The summed E-state index contributed by atoms with van der Waals surface area (Å²) in [6.45, 7) is 3.86. The Bertz CT molecular complexity index is 807. The third kappa shape index (κ3) is 5.17. The number of benzene rings is 2. The second kappa shape index (κ2) is 9.15. The Balaban J connectivity index is 1.50. The Morgan fingerprint density at radius 3 is 2.67 bits per heavy atom. The normalized spacial score (nSPS) is 16.8. The maximum absolute atomic E-state index is 12.5. The van der Waals surface area contributed by atoms with Gasteiger partial charge in [-0.05, 0) is 36.2 Å². The van der Waals surface area contributed by atoms with Crippen LogP contribution >= 0.6 is 15.9 Å². The van der Waals surface area contributed by atoms with Crippen LogP contribution in [0.5, 0.6) is 0 Å². The number of carbonyl (C=O) groups excluding carboxylic acids is 2. The van der Waals surface area contributed by atoms with E-state index in [1.807, 2.05) is 54.3 Å². The molecule has 0 bridgehead atoms. The molecule has 142 valence electrons. The Morgan fingerprint density at radius 2 is 1.93 bits per heavy atom. The molecule has 1 fully saturated rings. The van der Waals surface area contributed by atoms with Gasteiger partial charge in [0, 0.05) is 29.5 Å². The molecule has 0 aromatic heterocycles. The number of aryl methyl sites for hydroxylation is 1. The van der Waals surface area contributed by atoms with Gasteiger partial charge >= 0.3 is 0 Å². The molecule has 27 heavy (non-hydrogen) atoms. The second-order valence-electron chi connectivity index (χ2n) is 6.57. The fraction of sp³-hybridized carbons (Fsp3) is 0.333. The minimum atomic E-state index is -0.143. The van der Waals surface area contributed by atoms with E-state index in [1.165, 1.54) is 0 Å². The summed E-state index contributed by atoms with van der Waals surface area (Å²) in [6.07, 6.45) is 0.169. The Labute approximate surface area is 167 Å². The lowest BCUT2D eigenvalue weighted by atomic mass is 10.1. The van der Waals surface area contributed by atoms with Crippen molar-refractivity contribution in [2.24, 2.45) is 0 Å². The number of ether oxygens (including phenoxy) is 1. The third-order valence-corrected chi connectivity index (χ3v) is 5.20. The van der Waals surface area contributed by atoms with Crippen LogP contribution in [0.3, 0.4) is 0 Å². The van der Waals surface area contributed by atoms with Crippen LogP contribution in [0.4, 0.5) is 0 Å². The first-order valence-corrected chi connectivity index (χ1v) is 9.82. The minimum absolute atomic E-state index is 0.0329. The van der Waals surface area contributed by atoms with Crippen molar-refractivity contribution in [1.82, 2.24) is 10.2 Å². The van der Waals surface area contributed by atoms with E-state index in [-0.39, 0.29) is 24.3 Å². The maximum Gasteiger partial charge on any atom is 0.251 e. The average Bonchev–Trinajstić information content (AvgIpc) is 2.69. The van der Waals surface area contributed by atoms with Gasteiger partial charge in [-0.1, -0.05) is 46.3 Å². The van der Waals surface area contributed by atoms with Crippen LogP contribution in [-0.4, -0.2) is 43.0 Å². The van der Waals surface area contributed by atoms with Crippen LogP contribution in [0.25, 0.3) is 0 Å². The quantitative estimate of drug-likeness (QED) is 0.789. The lowest BCUT2D eigenvalue weighted by Gasteiger charge is -2.33. The molecule has 5 nitrogen and oxygen atoms in total. The number of amides is 2. The maximum atomic E-state index is 12.5. The van der Waals surface area contributed by atoms with Crippen LogP contribution in [0, 0.1) is 6.92 Å². The summed E-state index contributed by atoms with van der Waals surface area (Å²) in [4.78, 5) is 26.6. The number of hydrogen-bond acceptors (Lipinski definition) is 3. The van der Waals surface area contributed by atoms with E-state index >= 15 is 0 Å². The van der Waals surface area contributed by atoms with E-state index in [0.29, 0.717) is 31.8 Å². The molecular formula is C21H23BrN2O3. The van der Waals surface area contributed by atoms with Crippen LogP contribution in [-0.2, 0) is 9.53 Å². The summed E-state index contributed by atoms with van der Waals surface area (Å²) in [7, 11) is 0. The summed E-state index contributed by atoms with van der Waals surface area (Å²) < 4.78 is 6.83. The van der Waals surface area contributed by atoms with E-state index in [1.54, 1.807) is 6.07 Å². The first-order valence-electron chi connectivity index (χ1n) is 9.03. The zero-order chi connectivity index (χ0) is 19.2. The minimum Gasteiger partial charge on any atom is -0.370 e. The predicted molar refractivity (Wildman–Crippen MR) is 108 cm³/mol. The highest BCUT2D eigenvalue weighted by atomic mass is 79.9. The van der Waals surface area contributed by atoms with Crippen molar-refractivity contribution < 1.29 is 14.3 Å². The number of rotatable bonds is 5. The first-order chi connectivity index (χ1) is 13.0. The highest BCUT2D eigenvalue weighted by molar-refractivity contribution is 9.10. The molecule has 6 heteroatoms. The Kier molecular flexibility index (Phi) is 6.63. The van der Waals surface area contributed by atoms with Crippen molar-refractivity contribution in [3.05, 3.63) is 69.7 Å². The summed E-state index contributed by atoms with van der Waals surface area (Å²) in [5, 5.41) is 2.84. The van der Waals surface area contributed by atoms with E-state index in [4.69, 9.17) is 4.74 Å². The number of carbonyl (C=O) groups is 2. The molecule has 1 heterocycles. The molecule has 1 aliphatic heterocycles. The van der Waals surface area contributed by atoms with E-state index in [0.717, 1.165) is 15.6 Å². The molecule has 0 spiro atoms. The highest BCUT2D eigenvalue weighted by Gasteiger charge is 2.25. The third-order valence-electron chi connectivity index (χ3n) is 4.68. The van der Waals surface area contributed by atoms with Gasteiger partial charge in [0.15, 0.2) is 0 Å². The second-order valence-corrected chi connectivity index (χ2v) is 7.49. The molecule has 1 unspecified atom stereocenters.